The van der Waals surface area contributed by atoms with E-state index in [2.05, 4.69) is 17.8 Å². The summed E-state index contributed by atoms with van der Waals surface area (Å²) < 4.78 is 12.9. The molecule has 2 aromatic carbocycles. The summed E-state index contributed by atoms with van der Waals surface area (Å²) in [5.41, 5.74) is 5.51. The lowest BCUT2D eigenvalue weighted by Gasteiger charge is -2.31. The van der Waals surface area contributed by atoms with E-state index in [1.54, 1.807) is 6.07 Å². The van der Waals surface area contributed by atoms with Crippen LogP contribution in [0.4, 0.5) is 15.8 Å². The fourth-order valence-electron chi connectivity index (χ4n) is 3.36. The van der Waals surface area contributed by atoms with Crippen LogP contribution in [0.5, 0.6) is 0 Å². The van der Waals surface area contributed by atoms with Crippen LogP contribution >= 0.6 is 0 Å². The molecule has 1 saturated heterocycles. The maximum Gasteiger partial charge on any atom is 0.293 e. The molecule has 3 rings (SSSR count). The lowest BCUT2D eigenvalue weighted by molar-refractivity contribution is -0.384. The van der Waals surface area contributed by atoms with Crippen molar-refractivity contribution in [1.29, 1.82) is 0 Å². The molecule has 0 spiro atoms. The summed E-state index contributed by atoms with van der Waals surface area (Å²) >= 11 is 0. The largest absolute Gasteiger partial charge is 0.366 e. The SMILES string of the molecule is CC1CCN(c2ccc(C(=O)NNC(=O)Cc3ccc(F)cc3)cc2[N+](=O)[O-])CC1. The van der Waals surface area contributed by atoms with E-state index in [4.69, 9.17) is 0 Å². The monoisotopic (exact) mass is 414 g/mol. The van der Waals surface area contributed by atoms with Gasteiger partial charge in [-0.05, 0) is 48.6 Å². The van der Waals surface area contributed by atoms with Crippen LogP contribution in [0.25, 0.3) is 0 Å². The number of nitro benzene ring substituents is 1. The molecule has 30 heavy (non-hydrogen) atoms. The zero-order chi connectivity index (χ0) is 21.7. The minimum atomic E-state index is -0.663. The molecule has 0 radical (unpaired) electrons. The molecule has 1 heterocycles. The Balaban J connectivity index is 1.64. The van der Waals surface area contributed by atoms with E-state index < -0.39 is 22.6 Å². The number of hydrogen-bond acceptors (Lipinski definition) is 5. The summed E-state index contributed by atoms with van der Waals surface area (Å²) in [6.45, 7) is 3.61. The Labute approximate surface area is 173 Å². The number of amides is 2. The van der Waals surface area contributed by atoms with E-state index >= 15 is 0 Å². The number of carbonyl (C=O) groups excluding carboxylic acids is 2. The summed E-state index contributed by atoms with van der Waals surface area (Å²) in [6, 6.07) is 9.72. The van der Waals surface area contributed by atoms with Crippen molar-refractivity contribution < 1.29 is 18.9 Å². The zero-order valence-corrected chi connectivity index (χ0v) is 16.6. The Kier molecular flexibility index (Phi) is 6.61. The molecule has 0 saturated carbocycles. The van der Waals surface area contributed by atoms with Gasteiger partial charge in [-0.15, -0.1) is 0 Å². The van der Waals surface area contributed by atoms with Crippen LogP contribution in [0, 0.1) is 21.8 Å². The number of piperidine rings is 1. The van der Waals surface area contributed by atoms with Crippen LogP contribution in [0.15, 0.2) is 42.5 Å². The molecular formula is C21H23FN4O4. The number of halogens is 1. The van der Waals surface area contributed by atoms with Crippen molar-refractivity contribution in [3.05, 3.63) is 69.5 Å². The molecule has 158 valence electrons. The van der Waals surface area contributed by atoms with Gasteiger partial charge >= 0.3 is 0 Å². The number of anilines is 1. The highest BCUT2D eigenvalue weighted by atomic mass is 19.1. The Bertz CT molecular complexity index is 941. The molecule has 1 aliphatic rings. The predicted molar refractivity (Wildman–Crippen MR) is 109 cm³/mol. The summed E-state index contributed by atoms with van der Waals surface area (Å²) in [5.74, 6) is -0.978. The number of carbonyl (C=O) groups is 2. The number of nitro groups is 1. The first-order valence-corrected chi connectivity index (χ1v) is 9.70. The first kappa shape index (κ1) is 21.2. The number of rotatable bonds is 5. The summed E-state index contributed by atoms with van der Waals surface area (Å²) in [5, 5.41) is 11.5. The summed E-state index contributed by atoms with van der Waals surface area (Å²) in [6.07, 6.45) is 1.87. The van der Waals surface area contributed by atoms with Gasteiger partial charge in [-0.1, -0.05) is 19.1 Å². The van der Waals surface area contributed by atoms with Crippen molar-refractivity contribution in [2.75, 3.05) is 18.0 Å². The Morgan fingerprint density at radius 1 is 1.13 bits per heavy atom. The van der Waals surface area contributed by atoms with Gasteiger partial charge < -0.3 is 4.90 Å². The highest BCUT2D eigenvalue weighted by molar-refractivity contribution is 5.97. The van der Waals surface area contributed by atoms with E-state index in [1.807, 2.05) is 4.90 Å². The van der Waals surface area contributed by atoms with Crippen molar-refractivity contribution >= 4 is 23.2 Å². The fourth-order valence-corrected chi connectivity index (χ4v) is 3.36. The average molecular weight is 414 g/mol. The van der Waals surface area contributed by atoms with Crippen LogP contribution in [0.1, 0.15) is 35.7 Å². The smallest absolute Gasteiger partial charge is 0.293 e. The second-order valence-corrected chi connectivity index (χ2v) is 7.44. The first-order valence-electron chi connectivity index (χ1n) is 9.70. The van der Waals surface area contributed by atoms with Crippen LogP contribution in [0.3, 0.4) is 0 Å². The highest BCUT2D eigenvalue weighted by Gasteiger charge is 2.24. The third kappa shape index (κ3) is 5.31. The van der Waals surface area contributed by atoms with Crippen LogP contribution in [-0.4, -0.2) is 29.8 Å². The van der Waals surface area contributed by atoms with Gasteiger partial charge in [0.2, 0.25) is 5.91 Å². The number of hydrazine groups is 1. The molecule has 0 bridgehead atoms. The topological polar surface area (TPSA) is 105 Å². The number of nitrogens with zero attached hydrogens (tertiary/aromatic N) is 2. The van der Waals surface area contributed by atoms with Gasteiger partial charge in [0.05, 0.1) is 11.3 Å². The van der Waals surface area contributed by atoms with Gasteiger partial charge in [-0.25, -0.2) is 4.39 Å². The molecule has 1 aliphatic heterocycles. The summed E-state index contributed by atoms with van der Waals surface area (Å²) in [7, 11) is 0. The molecule has 2 N–H and O–H groups in total. The maximum atomic E-state index is 12.9. The number of nitrogens with one attached hydrogen (secondary N) is 2. The molecule has 1 fully saturated rings. The number of hydrogen-bond donors (Lipinski definition) is 2. The van der Waals surface area contributed by atoms with Crippen LogP contribution < -0.4 is 15.8 Å². The highest BCUT2D eigenvalue weighted by Crippen LogP contribution is 2.32. The van der Waals surface area contributed by atoms with E-state index in [9.17, 15) is 24.1 Å². The summed E-state index contributed by atoms with van der Waals surface area (Å²) in [4.78, 5) is 37.3. The first-order chi connectivity index (χ1) is 14.3. The van der Waals surface area contributed by atoms with Gasteiger partial charge in [0.1, 0.15) is 11.5 Å². The minimum Gasteiger partial charge on any atom is -0.366 e. The molecule has 0 atom stereocenters. The van der Waals surface area contributed by atoms with Crippen molar-refractivity contribution in [1.82, 2.24) is 10.9 Å². The van der Waals surface area contributed by atoms with Gasteiger partial charge in [0, 0.05) is 24.7 Å². The van der Waals surface area contributed by atoms with Gasteiger partial charge in [-0.2, -0.15) is 0 Å². The molecule has 0 aromatic heterocycles. The molecule has 2 amide bonds. The Hall–Kier alpha value is -3.49. The van der Waals surface area contributed by atoms with E-state index in [-0.39, 0.29) is 17.7 Å². The van der Waals surface area contributed by atoms with Crippen molar-refractivity contribution in [2.45, 2.75) is 26.2 Å². The minimum absolute atomic E-state index is 0.0486. The lowest BCUT2D eigenvalue weighted by Crippen LogP contribution is -2.42. The number of benzene rings is 2. The maximum absolute atomic E-state index is 12.9. The molecule has 0 unspecified atom stereocenters. The molecule has 0 aliphatic carbocycles. The quantitative estimate of drug-likeness (QED) is 0.578. The van der Waals surface area contributed by atoms with Crippen molar-refractivity contribution in [2.24, 2.45) is 5.92 Å². The van der Waals surface area contributed by atoms with E-state index in [1.165, 1.54) is 36.4 Å². The molecular weight excluding hydrogens is 391 g/mol. The van der Waals surface area contributed by atoms with Crippen LogP contribution in [-0.2, 0) is 11.2 Å². The Morgan fingerprint density at radius 2 is 1.80 bits per heavy atom. The van der Waals surface area contributed by atoms with Gasteiger partial charge in [-0.3, -0.25) is 30.6 Å². The molecule has 2 aromatic rings. The third-order valence-electron chi connectivity index (χ3n) is 5.15. The van der Waals surface area contributed by atoms with Crippen LogP contribution in [0.2, 0.25) is 0 Å². The molecule has 8 nitrogen and oxygen atoms in total. The standard InChI is InChI=1S/C21H23FN4O4/c1-14-8-10-25(11-9-14)18-7-4-16(13-19(18)26(29)30)21(28)24-23-20(27)12-15-2-5-17(22)6-3-15/h2-7,13-14H,8-12H2,1H3,(H,23,27)(H,24,28). The van der Waals surface area contributed by atoms with Crippen molar-refractivity contribution in [3.8, 4) is 0 Å². The predicted octanol–water partition coefficient (Wildman–Crippen LogP) is 2.97. The van der Waals surface area contributed by atoms with E-state index in [0.717, 1.165) is 25.9 Å². The third-order valence-corrected chi connectivity index (χ3v) is 5.15. The second-order valence-electron chi connectivity index (χ2n) is 7.44. The normalized spacial score (nSPS) is 14.3. The average Bonchev–Trinajstić information content (AvgIpc) is 2.74. The fraction of sp³-hybridized carbons (Fsp3) is 0.333. The lowest BCUT2D eigenvalue weighted by atomic mass is 9.98. The Morgan fingerprint density at radius 3 is 2.43 bits per heavy atom. The van der Waals surface area contributed by atoms with Gasteiger partial charge in [0.15, 0.2) is 0 Å². The van der Waals surface area contributed by atoms with E-state index in [0.29, 0.717) is 17.2 Å². The second kappa shape index (κ2) is 9.34. The zero-order valence-electron chi connectivity index (χ0n) is 16.6. The van der Waals surface area contributed by atoms with Gasteiger partial charge in [0.25, 0.3) is 11.6 Å². The molecule has 9 heteroatoms. The van der Waals surface area contributed by atoms with Crippen molar-refractivity contribution in [3.63, 3.8) is 0 Å².